The highest BCUT2D eigenvalue weighted by molar-refractivity contribution is 7.07. The highest BCUT2D eigenvalue weighted by atomic mass is 32.1. The molecule has 1 aliphatic rings. The first-order valence-corrected chi connectivity index (χ1v) is 9.36. The summed E-state index contributed by atoms with van der Waals surface area (Å²) >= 11 is 1.75. The zero-order valence-electron chi connectivity index (χ0n) is 13.8. The van der Waals surface area contributed by atoms with Gasteiger partial charge >= 0.3 is 0 Å². The monoisotopic (exact) mass is 323 g/mol. The predicted molar refractivity (Wildman–Crippen MR) is 94.9 cm³/mol. The number of ether oxygens (including phenoxy) is 1. The van der Waals surface area contributed by atoms with Crippen molar-refractivity contribution in [3.8, 4) is 0 Å². The highest BCUT2D eigenvalue weighted by Gasteiger charge is 2.20. The van der Waals surface area contributed by atoms with E-state index in [4.69, 9.17) is 4.74 Å². The molecule has 124 valence electrons. The van der Waals surface area contributed by atoms with E-state index in [0.717, 1.165) is 51.1 Å². The van der Waals surface area contributed by atoms with Crippen molar-refractivity contribution in [3.05, 3.63) is 22.4 Å². The smallest absolute Gasteiger partial charge is 0.191 e. The van der Waals surface area contributed by atoms with Crippen LogP contribution in [0.3, 0.4) is 0 Å². The predicted octanol–water partition coefficient (Wildman–Crippen LogP) is 3.22. The van der Waals surface area contributed by atoms with Crippen LogP contribution < -0.4 is 10.6 Å². The van der Waals surface area contributed by atoms with E-state index in [0.29, 0.717) is 5.92 Å². The fourth-order valence-corrected chi connectivity index (χ4v) is 2.93. The Hall–Kier alpha value is -1.07. The minimum absolute atomic E-state index is 0.462. The second-order valence-electron chi connectivity index (χ2n) is 5.98. The Morgan fingerprint density at radius 2 is 2.32 bits per heavy atom. The number of rotatable bonds is 10. The fraction of sp³-hybridized carbons (Fsp3) is 0.706. The Balaban J connectivity index is 1.62. The normalized spacial score (nSPS) is 16.5. The van der Waals surface area contributed by atoms with Crippen molar-refractivity contribution in [3.63, 3.8) is 0 Å². The number of thiophene rings is 1. The summed E-state index contributed by atoms with van der Waals surface area (Å²) in [7, 11) is 0. The molecule has 4 nitrogen and oxygen atoms in total. The van der Waals surface area contributed by atoms with Crippen LogP contribution in [-0.4, -0.2) is 38.8 Å². The molecule has 2 rings (SSSR count). The molecule has 1 saturated carbocycles. The van der Waals surface area contributed by atoms with Gasteiger partial charge in [-0.2, -0.15) is 11.3 Å². The summed E-state index contributed by atoms with van der Waals surface area (Å²) in [6, 6.07) is 2.18. The van der Waals surface area contributed by atoms with Gasteiger partial charge in [-0.25, -0.2) is 0 Å². The molecule has 0 bridgehead atoms. The molecule has 0 radical (unpaired) electrons. The average Bonchev–Trinajstić information content (AvgIpc) is 3.18. The second-order valence-corrected chi connectivity index (χ2v) is 6.76. The molecule has 0 spiro atoms. The third kappa shape index (κ3) is 6.79. The molecule has 1 aliphatic carbocycles. The molecule has 22 heavy (non-hydrogen) atoms. The lowest BCUT2D eigenvalue weighted by atomic mass is 10.1. The SMILES string of the molecule is CCNC(=NCC(C)c1ccsc1)NCCCOCC1CC1. The minimum Gasteiger partial charge on any atom is -0.381 e. The fourth-order valence-electron chi connectivity index (χ4n) is 2.15. The third-order valence-electron chi connectivity index (χ3n) is 3.79. The van der Waals surface area contributed by atoms with Crippen LogP contribution in [0.2, 0.25) is 0 Å². The highest BCUT2D eigenvalue weighted by Crippen LogP contribution is 2.28. The summed E-state index contributed by atoms with van der Waals surface area (Å²) in [6.45, 7) is 8.71. The Bertz CT molecular complexity index is 429. The molecular formula is C17H29N3OS. The summed E-state index contributed by atoms with van der Waals surface area (Å²) < 4.78 is 5.65. The Morgan fingerprint density at radius 3 is 3.00 bits per heavy atom. The van der Waals surface area contributed by atoms with Gasteiger partial charge in [-0.3, -0.25) is 4.99 Å². The molecular weight excluding hydrogens is 294 g/mol. The molecule has 0 amide bonds. The van der Waals surface area contributed by atoms with Gasteiger partial charge < -0.3 is 15.4 Å². The summed E-state index contributed by atoms with van der Waals surface area (Å²) in [4.78, 5) is 4.68. The van der Waals surface area contributed by atoms with Gasteiger partial charge in [-0.15, -0.1) is 0 Å². The number of hydrogen-bond donors (Lipinski definition) is 2. The molecule has 5 heteroatoms. The van der Waals surface area contributed by atoms with Gasteiger partial charge in [-0.1, -0.05) is 6.92 Å². The molecule has 2 N–H and O–H groups in total. The molecule has 1 fully saturated rings. The number of hydrogen-bond acceptors (Lipinski definition) is 3. The zero-order chi connectivity index (χ0) is 15.6. The summed E-state index contributed by atoms with van der Waals surface area (Å²) in [6.07, 6.45) is 3.74. The topological polar surface area (TPSA) is 45.7 Å². The van der Waals surface area contributed by atoms with Crippen LogP contribution >= 0.6 is 11.3 Å². The number of aliphatic imine (C=N–C) groups is 1. The van der Waals surface area contributed by atoms with E-state index in [1.54, 1.807) is 11.3 Å². The maximum Gasteiger partial charge on any atom is 0.191 e. The van der Waals surface area contributed by atoms with Crippen LogP contribution in [0.4, 0.5) is 0 Å². The van der Waals surface area contributed by atoms with E-state index in [-0.39, 0.29) is 0 Å². The molecule has 1 atom stereocenters. The van der Waals surface area contributed by atoms with E-state index < -0.39 is 0 Å². The zero-order valence-corrected chi connectivity index (χ0v) is 14.6. The molecule has 1 heterocycles. The van der Waals surface area contributed by atoms with E-state index in [9.17, 15) is 0 Å². The molecule has 1 aromatic heterocycles. The van der Waals surface area contributed by atoms with Crippen molar-refractivity contribution in [1.29, 1.82) is 0 Å². The van der Waals surface area contributed by atoms with E-state index in [1.165, 1.54) is 18.4 Å². The summed E-state index contributed by atoms with van der Waals surface area (Å²) in [5.74, 6) is 2.22. The van der Waals surface area contributed by atoms with Crippen molar-refractivity contribution in [2.75, 3.05) is 32.8 Å². The first kappa shape index (κ1) is 17.3. The van der Waals surface area contributed by atoms with Crippen LogP contribution in [0.5, 0.6) is 0 Å². The van der Waals surface area contributed by atoms with Gasteiger partial charge in [0.25, 0.3) is 0 Å². The summed E-state index contributed by atoms with van der Waals surface area (Å²) in [5.41, 5.74) is 1.37. The van der Waals surface area contributed by atoms with Gasteiger partial charge in [0.15, 0.2) is 5.96 Å². The first-order chi connectivity index (χ1) is 10.8. The quantitative estimate of drug-likeness (QED) is 0.395. The van der Waals surface area contributed by atoms with Crippen molar-refractivity contribution < 1.29 is 4.74 Å². The van der Waals surface area contributed by atoms with Gasteiger partial charge in [0.2, 0.25) is 0 Å². The average molecular weight is 324 g/mol. The van der Waals surface area contributed by atoms with Gasteiger partial charge in [0.1, 0.15) is 0 Å². The van der Waals surface area contributed by atoms with Crippen molar-refractivity contribution in [1.82, 2.24) is 10.6 Å². The van der Waals surface area contributed by atoms with E-state index >= 15 is 0 Å². The Labute approximate surface area is 138 Å². The minimum atomic E-state index is 0.462. The lowest BCUT2D eigenvalue weighted by Crippen LogP contribution is -2.38. The van der Waals surface area contributed by atoms with Crippen LogP contribution in [-0.2, 0) is 4.74 Å². The van der Waals surface area contributed by atoms with Crippen molar-refractivity contribution >= 4 is 17.3 Å². The Morgan fingerprint density at radius 1 is 1.45 bits per heavy atom. The molecule has 0 saturated heterocycles. The Kier molecular flexibility index (Phi) is 7.74. The molecule has 1 aromatic rings. The summed E-state index contributed by atoms with van der Waals surface area (Å²) in [5, 5.41) is 11.0. The number of nitrogens with zero attached hydrogens (tertiary/aromatic N) is 1. The number of nitrogens with one attached hydrogen (secondary N) is 2. The molecule has 0 aliphatic heterocycles. The molecule has 1 unspecified atom stereocenters. The molecule has 0 aromatic carbocycles. The lowest BCUT2D eigenvalue weighted by Gasteiger charge is -2.13. The van der Waals surface area contributed by atoms with E-state index in [2.05, 4.69) is 46.3 Å². The maximum absolute atomic E-state index is 5.65. The van der Waals surface area contributed by atoms with Gasteiger partial charge in [0.05, 0.1) is 0 Å². The largest absolute Gasteiger partial charge is 0.381 e. The van der Waals surface area contributed by atoms with Gasteiger partial charge in [-0.05, 0) is 54.5 Å². The third-order valence-corrected chi connectivity index (χ3v) is 4.49. The second kappa shape index (κ2) is 9.85. The van der Waals surface area contributed by atoms with Crippen LogP contribution in [0.1, 0.15) is 44.6 Å². The first-order valence-electron chi connectivity index (χ1n) is 8.41. The van der Waals surface area contributed by atoms with Crippen LogP contribution in [0.25, 0.3) is 0 Å². The van der Waals surface area contributed by atoms with Crippen LogP contribution in [0.15, 0.2) is 21.8 Å². The van der Waals surface area contributed by atoms with E-state index in [1.807, 2.05) is 0 Å². The van der Waals surface area contributed by atoms with Crippen molar-refractivity contribution in [2.45, 2.75) is 39.0 Å². The van der Waals surface area contributed by atoms with Crippen LogP contribution in [0, 0.1) is 5.92 Å². The maximum atomic E-state index is 5.65. The standard InChI is InChI=1S/C17H29N3OS/c1-3-18-17(19-8-4-9-21-12-15-5-6-15)20-11-14(2)16-7-10-22-13-16/h7,10,13-15H,3-6,8-9,11-12H2,1-2H3,(H2,18,19,20). The van der Waals surface area contributed by atoms with Gasteiger partial charge in [0, 0.05) is 38.8 Å². The lowest BCUT2D eigenvalue weighted by molar-refractivity contribution is 0.123. The number of guanidine groups is 1. The van der Waals surface area contributed by atoms with Crippen molar-refractivity contribution in [2.24, 2.45) is 10.9 Å².